The van der Waals surface area contributed by atoms with Crippen LogP contribution in [0.1, 0.15) is 16.7 Å². The number of hydrogen-bond acceptors (Lipinski definition) is 4. The Labute approximate surface area is 111 Å². The zero-order valence-corrected chi connectivity index (χ0v) is 10.9. The average molecular weight is 257 g/mol. The van der Waals surface area contributed by atoms with Crippen molar-refractivity contribution in [3.63, 3.8) is 0 Å². The lowest BCUT2D eigenvalue weighted by molar-refractivity contribution is -0.385. The second-order valence-electron chi connectivity index (χ2n) is 4.41. The standard InChI is InChI=1S/C14H15N3O2/c1-10-7-13(3-4-14(10)17(18)19)16-9-12-5-6-15-8-11(12)2/h3-8,16H,9H2,1-2H3. The van der Waals surface area contributed by atoms with Gasteiger partial charge >= 0.3 is 0 Å². The van der Waals surface area contributed by atoms with Crippen molar-refractivity contribution >= 4 is 11.4 Å². The second-order valence-corrected chi connectivity index (χ2v) is 4.41. The minimum Gasteiger partial charge on any atom is -0.381 e. The van der Waals surface area contributed by atoms with E-state index in [9.17, 15) is 10.1 Å². The van der Waals surface area contributed by atoms with E-state index in [1.807, 2.05) is 19.2 Å². The van der Waals surface area contributed by atoms with Crippen molar-refractivity contribution in [3.8, 4) is 0 Å². The molecule has 1 aromatic heterocycles. The van der Waals surface area contributed by atoms with Gasteiger partial charge in [0, 0.05) is 36.3 Å². The molecule has 0 saturated heterocycles. The molecule has 0 aliphatic rings. The maximum atomic E-state index is 10.7. The van der Waals surface area contributed by atoms with Gasteiger partial charge in [0.15, 0.2) is 0 Å². The van der Waals surface area contributed by atoms with E-state index >= 15 is 0 Å². The Bertz CT molecular complexity index is 611. The van der Waals surface area contributed by atoms with Gasteiger partial charge in [-0.2, -0.15) is 0 Å². The first-order valence-corrected chi connectivity index (χ1v) is 5.96. The minimum absolute atomic E-state index is 0.144. The number of nitro groups is 1. The highest BCUT2D eigenvalue weighted by Gasteiger charge is 2.09. The van der Waals surface area contributed by atoms with Crippen molar-refractivity contribution in [1.29, 1.82) is 0 Å². The summed E-state index contributed by atoms with van der Waals surface area (Å²) in [6.45, 7) is 4.41. The largest absolute Gasteiger partial charge is 0.381 e. The minimum atomic E-state index is -0.369. The molecule has 0 aliphatic carbocycles. The summed E-state index contributed by atoms with van der Waals surface area (Å²) in [5.41, 5.74) is 3.95. The highest BCUT2D eigenvalue weighted by Crippen LogP contribution is 2.22. The fourth-order valence-corrected chi connectivity index (χ4v) is 1.87. The van der Waals surface area contributed by atoms with E-state index in [0.29, 0.717) is 12.1 Å². The fourth-order valence-electron chi connectivity index (χ4n) is 1.87. The monoisotopic (exact) mass is 257 g/mol. The highest BCUT2D eigenvalue weighted by atomic mass is 16.6. The van der Waals surface area contributed by atoms with E-state index < -0.39 is 0 Å². The van der Waals surface area contributed by atoms with Crippen LogP contribution in [0.4, 0.5) is 11.4 Å². The number of rotatable bonds is 4. The van der Waals surface area contributed by atoms with Crippen molar-refractivity contribution in [2.75, 3.05) is 5.32 Å². The first-order valence-electron chi connectivity index (χ1n) is 5.96. The van der Waals surface area contributed by atoms with Gasteiger partial charge < -0.3 is 5.32 Å². The van der Waals surface area contributed by atoms with E-state index in [0.717, 1.165) is 16.8 Å². The molecule has 0 unspecified atom stereocenters. The van der Waals surface area contributed by atoms with Crippen LogP contribution in [0.25, 0.3) is 0 Å². The van der Waals surface area contributed by atoms with Crippen LogP contribution in [0.15, 0.2) is 36.7 Å². The predicted octanol–water partition coefficient (Wildman–Crippen LogP) is 3.22. The van der Waals surface area contributed by atoms with Crippen LogP contribution in [-0.4, -0.2) is 9.91 Å². The SMILES string of the molecule is Cc1cnccc1CNc1ccc([N+](=O)[O-])c(C)c1. The number of nitrogens with one attached hydrogen (secondary N) is 1. The summed E-state index contributed by atoms with van der Waals surface area (Å²) in [6, 6.07) is 6.99. The molecular weight excluding hydrogens is 242 g/mol. The third-order valence-electron chi connectivity index (χ3n) is 3.01. The Morgan fingerprint density at radius 3 is 2.68 bits per heavy atom. The molecule has 1 N–H and O–H groups in total. The number of aryl methyl sites for hydroxylation is 2. The summed E-state index contributed by atoms with van der Waals surface area (Å²) in [5, 5.41) is 14.0. The molecule has 0 atom stereocenters. The van der Waals surface area contributed by atoms with Crippen molar-refractivity contribution in [2.24, 2.45) is 0 Å². The summed E-state index contributed by atoms with van der Waals surface area (Å²) in [6.07, 6.45) is 3.57. The Hall–Kier alpha value is -2.43. The smallest absolute Gasteiger partial charge is 0.272 e. The van der Waals surface area contributed by atoms with Crippen LogP contribution < -0.4 is 5.32 Å². The molecule has 1 heterocycles. The zero-order chi connectivity index (χ0) is 13.8. The summed E-state index contributed by atoms with van der Waals surface area (Å²) in [5.74, 6) is 0. The van der Waals surface area contributed by atoms with E-state index in [-0.39, 0.29) is 10.6 Å². The Morgan fingerprint density at radius 1 is 1.26 bits per heavy atom. The molecule has 0 saturated carbocycles. The maximum absolute atomic E-state index is 10.7. The predicted molar refractivity (Wildman–Crippen MR) is 74.1 cm³/mol. The van der Waals surface area contributed by atoms with Crippen LogP contribution >= 0.6 is 0 Å². The third-order valence-corrected chi connectivity index (χ3v) is 3.01. The van der Waals surface area contributed by atoms with Crippen LogP contribution in [0.2, 0.25) is 0 Å². The molecule has 0 amide bonds. The normalized spacial score (nSPS) is 10.2. The average Bonchev–Trinajstić information content (AvgIpc) is 2.37. The van der Waals surface area contributed by atoms with Gasteiger partial charge in [-0.3, -0.25) is 15.1 Å². The molecule has 98 valence electrons. The number of hydrogen-bond donors (Lipinski definition) is 1. The zero-order valence-electron chi connectivity index (χ0n) is 10.9. The highest BCUT2D eigenvalue weighted by molar-refractivity contribution is 5.53. The van der Waals surface area contributed by atoms with Gasteiger partial charge in [0.1, 0.15) is 0 Å². The second kappa shape index (κ2) is 5.48. The molecule has 19 heavy (non-hydrogen) atoms. The number of aromatic nitrogens is 1. The molecule has 0 spiro atoms. The van der Waals surface area contributed by atoms with Crippen LogP contribution in [0, 0.1) is 24.0 Å². The topological polar surface area (TPSA) is 68.1 Å². The molecule has 0 fully saturated rings. The van der Waals surface area contributed by atoms with Gasteiger partial charge in [0.25, 0.3) is 5.69 Å². The third kappa shape index (κ3) is 3.07. The van der Waals surface area contributed by atoms with Crippen molar-refractivity contribution in [1.82, 2.24) is 4.98 Å². The molecule has 2 aromatic rings. The molecule has 5 heteroatoms. The number of pyridine rings is 1. The van der Waals surface area contributed by atoms with E-state index in [1.54, 1.807) is 25.3 Å². The van der Waals surface area contributed by atoms with Crippen molar-refractivity contribution in [2.45, 2.75) is 20.4 Å². The van der Waals surface area contributed by atoms with Gasteiger partial charge in [0.2, 0.25) is 0 Å². The van der Waals surface area contributed by atoms with Gasteiger partial charge in [-0.05, 0) is 43.2 Å². The summed E-state index contributed by atoms with van der Waals surface area (Å²) < 4.78 is 0. The Balaban J connectivity index is 2.11. The van der Waals surface area contributed by atoms with Gasteiger partial charge in [-0.15, -0.1) is 0 Å². The van der Waals surface area contributed by atoms with E-state index in [4.69, 9.17) is 0 Å². The number of nitrogens with zero attached hydrogens (tertiary/aromatic N) is 2. The first kappa shape index (κ1) is 13.0. The van der Waals surface area contributed by atoms with Gasteiger partial charge in [-0.1, -0.05) is 0 Å². The first-order chi connectivity index (χ1) is 9.08. The Kier molecular flexibility index (Phi) is 3.75. The number of anilines is 1. The summed E-state index contributed by atoms with van der Waals surface area (Å²) in [4.78, 5) is 14.4. The molecule has 0 bridgehead atoms. The van der Waals surface area contributed by atoms with Crippen molar-refractivity contribution < 1.29 is 4.92 Å². The number of benzene rings is 1. The van der Waals surface area contributed by atoms with Crippen LogP contribution in [0.5, 0.6) is 0 Å². The lowest BCUT2D eigenvalue weighted by Gasteiger charge is -2.09. The van der Waals surface area contributed by atoms with E-state index in [2.05, 4.69) is 10.3 Å². The molecule has 1 aromatic carbocycles. The molecular formula is C14H15N3O2. The summed E-state index contributed by atoms with van der Waals surface area (Å²) >= 11 is 0. The Morgan fingerprint density at radius 2 is 2.05 bits per heavy atom. The van der Waals surface area contributed by atoms with Crippen LogP contribution in [-0.2, 0) is 6.54 Å². The molecule has 5 nitrogen and oxygen atoms in total. The maximum Gasteiger partial charge on any atom is 0.272 e. The lowest BCUT2D eigenvalue weighted by atomic mass is 10.1. The van der Waals surface area contributed by atoms with Gasteiger partial charge in [-0.25, -0.2) is 0 Å². The van der Waals surface area contributed by atoms with E-state index in [1.165, 1.54) is 6.07 Å². The molecule has 2 rings (SSSR count). The number of nitro benzene ring substituents is 1. The van der Waals surface area contributed by atoms with Crippen LogP contribution in [0.3, 0.4) is 0 Å². The molecule has 0 aliphatic heterocycles. The quantitative estimate of drug-likeness (QED) is 0.674. The molecule has 0 radical (unpaired) electrons. The fraction of sp³-hybridized carbons (Fsp3) is 0.214. The van der Waals surface area contributed by atoms with Crippen molar-refractivity contribution in [3.05, 3.63) is 63.5 Å². The lowest BCUT2D eigenvalue weighted by Crippen LogP contribution is -2.02. The van der Waals surface area contributed by atoms with Gasteiger partial charge in [0.05, 0.1) is 4.92 Å². The summed E-state index contributed by atoms with van der Waals surface area (Å²) in [7, 11) is 0.